The Morgan fingerprint density at radius 2 is 1.06 bits per heavy atom. The summed E-state index contributed by atoms with van der Waals surface area (Å²) < 4.78 is 10.5. The molecule has 0 spiro atoms. The second-order valence-electron chi connectivity index (χ2n) is 8.23. The molecule has 1 aromatic carbocycles. The summed E-state index contributed by atoms with van der Waals surface area (Å²) in [6.07, 6.45) is 8.43. The van der Waals surface area contributed by atoms with E-state index < -0.39 is 12.2 Å². The maximum Gasteiger partial charge on any atom is 0.412 e. The second-order valence-corrected chi connectivity index (χ2v) is 8.23. The van der Waals surface area contributed by atoms with Gasteiger partial charge in [-0.25, -0.2) is 9.59 Å². The first-order valence-electron chi connectivity index (χ1n) is 11.8. The van der Waals surface area contributed by atoms with Gasteiger partial charge in [0.2, 0.25) is 0 Å². The number of rotatable bonds is 16. The molecule has 0 unspecified atom stereocenters. The third-order valence-electron chi connectivity index (χ3n) is 5.00. The van der Waals surface area contributed by atoms with Crippen LogP contribution >= 0.6 is 0 Å². The molecule has 1 aromatic rings. The number of ether oxygens (including phenoxy) is 2. The molecule has 0 aromatic heterocycles. The monoisotopic (exact) mass is 450 g/mol. The van der Waals surface area contributed by atoms with Crippen LogP contribution in [0.15, 0.2) is 24.3 Å². The molecule has 0 aliphatic carbocycles. The summed E-state index contributed by atoms with van der Waals surface area (Å²) in [6.45, 7) is 6.66. The van der Waals surface area contributed by atoms with E-state index in [-0.39, 0.29) is 13.5 Å². The van der Waals surface area contributed by atoms with Crippen molar-refractivity contribution < 1.29 is 19.1 Å². The van der Waals surface area contributed by atoms with Gasteiger partial charge >= 0.3 is 12.2 Å². The van der Waals surface area contributed by atoms with E-state index in [2.05, 4.69) is 24.5 Å². The molecule has 0 aliphatic rings. The third-order valence-corrected chi connectivity index (χ3v) is 5.00. The molecule has 1 rings (SSSR count). The van der Waals surface area contributed by atoms with Gasteiger partial charge in [0.05, 0.1) is 0 Å². The molecule has 0 heterocycles. The minimum absolute atomic E-state index is 0.247. The topological polar surface area (TPSA) is 83.1 Å². The van der Waals surface area contributed by atoms with Gasteiger partial charge in [-0.15, -0.1) is 0 Å². The number of unbranched alkanes of at least 4 members (excludes halogenated alkanes) is 6. The Kier molecular flexibility index (Phi) is 14.9. The zero-order chi connectivity index (χ0) is 23.6. The third kappa shape index (κ3) is 13.9. The summed E-state index contributed by atoms with van der Waals surface area (Å²) in [5, 5.41) is 5.37. The van der Waals surface area contributed by atoms with Crippen molar-refractivity contribution in [3.63, 3.8) is 0 Å². The van der Waals surface area contributed by atoms with E-state index in [4.69, 9.17) is 9.47 Å². The lowest BCUT2D eigenvalue weighted by Crippen LogP contribution is -2.27. The van der Waals surface area contributed by atoms with E-state index in [9.17, 15) is 9.59 Å². The fourth-order valence-corrected chi connectivity index (χ4v) is 3.03. The quantitative estimate of drug-likeness (QED) is 0.247. The number of hydrogen-bond donors (Lipinski definition) is 2. The number of amides is 2. The average Bonchev–Trinajstić information content (AvgIpc) is 2.78. The highest BCUT2D eigenvalue weighted by Gasteiger charge is 2.08. The van der Waals surface area contributed by atoms with Crippen molar-refractivity contribution in [2.45, 2.75) is 65.2 Å². The van der Waals surface area contributed by atoms with Crippen molar-refractivity contribution >= 4 is 23.6 Å². The Bertz CT molecular complexity index is 584. The standard InChI is InChI=1S/C24H42N4O4/c1-5-7-9-11-17-27(3)19-31-23(29)25-21-13-15-22(16-14-21)26-24(30)32-20-28(4)18-12-10-8-6-2/h13-16H,5-12,17-20H2,1-4H3,(H,25,29)(H,26,30). The van der Waals surface area contributed by atoms with Crippen molar-refractivity contribution in [2.75, 3.05) is 51.3 Å². The fraction of sp³-hybridized carbons (Fsp3) is 0.667. The minimum Gasteiger partial charge on any atom is -0.433 e. The van der Waals surface area contributed by atoms with E-state index in [0.29, 0.717) is 11.4 Å². The van der Waals surface area contributed by atoms with E-state index in [1.807, 2.05) is 23.9 Å². The first-order valence-corrected chi connectivity index (χ1v) is 11.8. The van der Waals surface area contributed by atoms with Gasteiger partial charge in [-0.05, 0) is 51.2 Å². The Hall–Kier alpha value is -2.32. The first-order chi connectivity index (χ1) is 15.4. The van der Waals surface area contributed by atoms with Crippen LogP contribution in [0.3, 0.4) is 0 Å². The molecule has 8 nitrogen and oxygen atoms in total. The molecule has 0 fully saturated rings. The molecular formula is C24H42N4O4. The minimum atomic E-state index is -0.507. The normalized spacial score (nSPS) is 10.9. The van der Waals surface area contributed by atoms with Gasteiger partial charge in [-0.1, -0.05) is 52.4 Å². The van der Waals surface area contributed by atoms with E-state index in [1.54, 1.807) is 24.3 Å². The van der Waals surface area contributed by atoms with Crippen LogP contribution in [0.4, 0.5) is 21.0 Å². The number of nitrogens with zero attached hydrogens (tertiary/aromatic N) is 2. The predicted molar refractivity (Wildman–Crippen MR) is 130 cm³/mol. The summed E-state index contributed by atoms with van der Waals surface area (Å²) in [6, 6.07) is 6.80. The number of nitrogens with one attached hydrogen (secondary N) is 2. The van der Waals surface area contributed by atoms with E-state index >= 15 is 0 Å². The van der Waals surface area contributed by atoms with Gasteiger partial charge in [0.25, 0.3) is 0 Å². The Morgan fingerprint density at radius 3 is 1.41 bits per heavy atom. The number of carbonyl (C=O) groups excluding carboxylic acids is 2. The molecule has 0 saturated carbocycles. The van der Waals surface area contributed by atoms with Gasteiger partial charge in [-0.3, -0.25) is 20.4 Å². The Morgan fingerprint density at radius 1 is 0.688 bits per heavy atom. The Labute approximate surface area is 193 Å². The van der Waals surface area contributed by atoms with Crippen LogP contribution in [0, 0.1) is 0 Å². The molecule has 32 heavy (non-hydrogen) atoms. The van der Waals surface area contributed by atoms with Crippen LogP contribution in [0.1, 0.15) is 65.2 Å². The van der Waals surface area contributed by atoms with Gasteiger partial charge in [0.1, 0.15) is 13.5 Å². The fourth-order valence-electron chi connectivity index (χ4n) is 3.03. The average molecular weight is 451 g/mol. The molecule has 0 aliphatic heterocycles. The Balaban J connectivity index is 2.25. The van der Waals surface area contributed by atoms with Crippen LogP contribution in [0.2, 0.25) is 0 Å². The van der Waals surface area contributed by atoms with Gasteiger partial charge in [0, 0.05) is 24.5 Å². The van der Waals surface area contributed by atoms with Crippen LogP contribution in [-0.2, 0) is 9.47 Å². The smallest absolute Gasteiger partial charge is 0.412 e. The summed E-state index contributed by atoms with van der Waals surface area (Å²) in [5.41, 5.74) is 1.18. The van der Waals surface area contributed by atoms with Crippen LogP contribution in [0.5, 0.6) is 0 Å². The van der Waals surface area contributed by atoms with E-state index in [1.165, 1.54) is 38.5 Å². The molecule has 2 amide bonds. The second kappa shape index (κ2) is 17.3. The van der Waals surface area contributed by atoms with Crippen LogP contribution < -0.4 is 10.6 Å². The van der Waals surface area contributed by atoms with Crippen molar-refractivity contribution in [3.8, 4) is 0 Å². The van der Waals surface area contributed by atoms with Crippen LogP contribution in [-0.4, -0.2) is 62.6 Å². The molecule has 2 N–H and O–H groups in total. The summed E-state index contributed by atoms with van der Waals surface area (Å²) in [5.74, 6) is 0. The SMILES string of the molecule is CCCCCCN(C)COC(=O)Nc1ccc(NC(=O)OCN(C)CCCCCC)cc1. The molecule has 0 atom stereocenters. The lowest BCUT2D eigenvalue weighted by Gasteiger charge is -2.17. The first kappa shape index (κ1) is 27.7. The number of hydrogen-bond acceptors (Lipinski definition) is 6. The van der Waals surface area contributed by atoms with Crippen molar-refractivity contribution in [3.05, 3.63) is 24.3 Å². The highest BCUT2D eigenvalue weighted by atomic mass is 16.6. The predicted octanol–water partition coefficient (Wildman–Crippen LogP) is 5.72. The zero-order valence-corrected chi connectivity index (χ0v) is 20.3. The summed E-state index contributed by atoms with van der Waals surface area (Å²) >= 11 is 0. The molecular weight excluding hydrogens is 408 g/mol. The number of benzene rings is 1. The van der Waals surface area contributed by atoms with Crippen molar-refractivity contribution in [2.24, 2.45) is 0 Å². The highest BCUT2D eigenvalue weighted by Crippen LogP contribution is 2.14. The molecule has 182 valence electrons. The molecule has 0 bridgehead atoms. The van der Waals surface area contributed by atoms with Crippen LogP contribution in [0.25, 0.3) is 0 Å². The largest absolute Gasteiger partial charge is 0.433 e. The van der Waals surface area contributed by atoms with Gasteiger partial charge < -0.3 is 9.47 Å². The lowest BCUT2D eigenvalue weighted by atomic mass is 10.2. The zero-order valence-electron chi connectivity index (χ0n) is 20.3. The lowest BCUT2D eigenvalue weighted by molar-refractivity contribution is 0.0918. The molecule has 8 heteroatoms. The summed E-state index contributed by atoms with van der Waals surface area (Å²) in [7, 11) is 3.87. The maximum absolute atomic E-state index is 12.0. The number of anilines is 2. The highest BCUT2D eigenvalue weighted by molar-refractivity contribution is 5.87. The van der Waals surface area contributed by atoms with Crippen molar-refractivity contribution in [1.82, 2.24) is 9.80 Å². The maximum atomic E-state index is 12.0. The molecule has 0 radical (unpaired) electrons. The van der Waals surface area contributed by atoms with Gasteiger partial charge in [-0.2, -0.15) is 0 Å². The van der Waals surface area contributed by atoms with Crippen molar-refractivity contribution in [1.29, 1.82) is 0 Å². The van der Waals surface area contributed by atoms with E-state index in [0.717, 1.165) is 25.9 Å². The van der Waals surface area contributed by atoms with Gasteiger partial charge in [0.15, 0.2) is 0 Å². The summed E-state index contributed by atoms with van der Waals surface area (Å²) in [4.78, 5) is 27.9. The molecule has 0 saturated heterocycles. The number of carbonyl (C=O) groups is 2.